The summed E-state index contributed by atoms with van der Waals surface area (Å²) in [5, 5.41) is 8.60. The molecule has 0 saturated carbocycles. The van der Waals surface area contributed by atoms with E-state index < -0.39 is 0 Å². The molecule has 0 amide bonds. The third-order valence-electron chi connectivity index (χ3n) is 4.52. The molecule has 1 aromatic carbocycles. The molecule has 130 valence electrons. The van der Waals surface area contributed by atoms with Gasteiger partial charge >= 0.3 is 0 Å². The molecule has 1 atom stereocenters. The van der Waals surface area contributed by atoms with Gasteiger partial charge in [0.15, 0.2) is 5.78 Å². The molecule has 2 aliphatic rings. The zero-order chi connectivity index (χ0) is 17.6. The molecule has 25 heavy (non-hydrogen) atoms. The lowest BCUT2D eigenvalue weighted by molar-refractivity contribution is -0.116. The van der Waals surface area contributed by atoms with Crippen molar-refractivity contribution in [3.63, 3.8) is 0 Å². The van der Waals surface area contributed by atoms with Crippen molar-refractivity contribution in [3.8, 4) is 5.75 Å². The average molecular weight is 421 g/mol. The fourth-order valence-electron chi connectivity index (χ4n) is 3.38. The molecular weight excluding hydrogens is 404 g/mol. The Kier molecular flexibility index (Phi) is 4.33. The Hall–Kier alpha value is -1.80. The Balaban J connectivity index is 1.90. The summed E-state index contributed by atoms with van der Waals surface area (Å²) in [7, 11) is 1.63. The lowest BCUT2D eigenvalue weighted by Gasteiger charge is -2.32. The van der Waals surface area contributed by atoms with Gasteiger partial charge in [-0.1, -0.05) is 17.8 Å². The minimum Gasteiger partial charge on any atom is -0.496 e. The normalized spacial score (nSPS) is 19.3. The molecule has 1 N–H and O–H groups in total. The van der Waals surface area contributed by atoms with Gasteiger partial charge in [-0.25, -0.2) is 4.68 Å². The van der Waals surface area contributed by atoms with E-state index in [4.69, 9.17) is 4.74 Å². The number of fused-ring (bicyclic) bond motifs is 1. The highest BCUT2D eigenvalue weighted by molar-refractivity contribution is 9.10. The molecule has 2 heterocycles. The molecule has 4 rings (SSSR count). The van der Waals surface area contributed by atoms with Gasteiger partial charge in [0.1, 0.15) is 11.8 Å². The summed E-state index contributed by atoms with van der Waals surface area (Å²) >= 11 is 5.03. The maximum absolute atomic E-state index is 12.7. The van der Waals surface area contributed by atoms with Gasteiger partial charge in [0.25, 0.3) is 0 Å². The largest absolute Gasteiger partial charge is 0.496 e. The van der Waals surface area contributed by atoms with Crippen LogP contribution in [0.4, 0.5) is 5.95 Å². The van der Waals surface area contributed by atoms with Crippen molar-refractivity contribution in [3.05, 3.63) is 39.5 Å². The van der Waals surface area contributed by atoms with E-state index in [1.54, 1.807) is 7.11 Å². The van der Waals surface area contributed by atoms with Crippen LogP contribution in [0.2, 0.25) is 0 Å². The van der Waals surface area contributed by atoms with Crippen molar-refractivity contribution in [2.45, 2.75) is 30.5 Å². The van der Waals surface area contributed by atoms with Gasteiger partial charge in [0.05, 0.1) is 11.6 Å². The molecule has 0 spiro atoms. The number of anilines is 1. The number of hydrogen-bond acceptors (Lipinski definition) is 6. The Morgan fingerprint density at radius 2 is 2.24 bits per heavy atom. The highest BCUT2D eigenvalue weighted by atomic mass is 79.9. The van der Waals surface area contributed by atoms with Crippen molar-refractivity contribution < 1.29 is 9.53 Å². The summed E-state index contributed by atoms with van der Waals surface area (Å²) in [5.41, 5.74) is 2.75. The van der Waals surface area contributed by atoms with Gasteiger partial charge in [-0.15, -0.1) is 5.10 Å². The molecule has 1 aliphatic carbocycles. The van der Waals surface area contributed by atoms with E-state index in [-0.39, 0.29) is 11.8 Å². The number of thioether (sulfide) groups is 1. The number of carbonyl (C=O) groups is 1. The quantitative estimate of drug-likeness (QED) is 0.761. The van der Waals surface area contributed by atoms with Gasteiger partial charge < -0.3 is 10.1 Å². The SMILES string of the molecule is COc1ccc([C@H]2C3=C(CCCC3=O)Nc3nc(SC)nn32)cc1Br. The summed E-state index contributed by atoms with van der Waals surface area (Å²) in [6, 6.07) is 5.61. The van der Waals surface area contributed by atoms with Crippen molar-refractivity contribution in [1.82, 2.24) is 14.8 Å². The van der Waals surface area contributed by atoms with Crippen LogP contribution in [-0.2, 0) is 4.79 Å². The smallest absolute Gasteiger partial charge is 0.227 e. The molecule has 1 aliphatic heterocycles. The van der Waals surface area contributed by atoms with E-state index in [1.807, 2.05) is 29.1 Å². The summed E-state index contributed by atoms with van der Waals surface area (Å²) in [6.45, 7) is 0. The number of halogens is 1. The van der Waals surface area contributed by atoms with Crippen molar-refractivity contribution >= 4 is 39.4 Å². The first-order chi connectivity index (χ1) is 12.1. The van der Waals surface area contributed by atoms with Gasteiger partial charge in [-0.3, -0.25) is 4.79 Å². The maximum Gasteiger partial charge on any atom is 0.227 e. The molecule has 1 aromatic heterocycles. The first-order valence-corrected chi connectivity index (χ1v) is 10.0. The Bertz CT molecular complexity index is 893. The molecule has 0 bridgehead atoms. The van der Waals surface area contributed by atoms with Gasteiger partial charge in [0, 0.05) is 17.7 Å². The molecule has 0 saturated heterocycles. The monoisotopic (exact) mass is 420 g/mol. The molecule has 0 fully saturated rings. The Morgan fingerprint density at radius 3 is 2.96 bits per heavy atom. The lowest BCUT2D eigenvalue weighted by atomic mass is 9.85. The number of nitrogens with zero attached hydrogens (tertiary/aromatic N) is 3. The second-order valence-corrected chi connectivity index (χ2v) is 7.58. The van der Waals surface area contributed by atoms with Crippen molar-refractivity contribution in [2.24, 2.45) is 0 Å². The fourth-order valence-corrected chi connectivity index (χ4v) is 4.29. The van der Waals surface area contributed by atoms with E-state index in [1.165, 1.54) is 11.8 Å². The number of methoxy groups -OCH3 is 1. The van der Waals surface area contributed by atoms with Crippen LogP contribution in [0.1, 0.15) is 30.9 Å². The van der Waals surface area contributed by atoms with Crippen molar-refractivity contribution in [2.75, 3.05) is 18.7 Å². The third-order valence-corrected chi connectivity index (χ3v) is 5.68. The molecular formula is C17H17BrN4O2S. The third kappa shape index (κ3) is 2.77. The van der Waals surface area contributed by atoms with Gasteiger partial charge in [-0.05, 0) is 52.7 Å². The predicted molar refractivity (Wildman–Crippen MR) is 100 cm³/mol. The second kappa shape index (κ2) is 6.49. The number of allylic oxidation sites excluding steroid dienone is 2. The number of ether oxygens (including phenoxy) is 1. The van der Waals surface area contributed by atoms with Gasteiger partial charge in [-0.2, -0.15) is 4.98 Å². The zero-order valence-electron chi connectivity index (χ0n) is 13.9. The molecule has 2 aromatic rings. The van der Waals surface area contributed by atoms with Crippen LogP contribution in [0, 0.1) is 0 Å². The Labute approximate surface area is 158 Å². The Morgan fingerprint density at radius 1 is 1.40 bits per heavy atom. The first kappa shape index (κ1) is 16.7. The molecule has 0 unspecified atom stereocenters. The predicted octanol–water partition coefficient (Wildman–Crippen LogP) is 3.79. The van der Waals surface area contributed by atoms with Crippen LogP contribution < -0.4 is 10.1 Å². The first-order valence-electron chi connectivity index (χ1n) is 7.99. The van der Waals surface area contributed by atoms with Gasteiger partial charge in [0.2, 0.25) is 11.1 Å². The number of carbonyl (C=O) groups excluding carboxylic acids is 1. The lowest BCUT2D eigenvalue weighted by Crippen LogP contribution is -2.31. The minimum atomic E-state index is -0.269. The zero-order valence-corrected chi connectivity index (χ0v) is 16.3. The topological polar surface area (TPSA) is 69.0 Å². The van der Waals surface area contributed by atoms with E-state index in [0.717, 1.165) is 39.9 Å². The highest BCUT2D eigenvalue weighted by Gasteiger charge is 2.36. The second-order valence-electron chi connectivity index (χ2n) is 5.96. The van der Waals surface area contributed by atoms with Crippen LogP contribution >= 0.6 is 27.7 Å². The van der Waals surface area contributed by atoms with Crippen LogP contribution in [0.3, 0.4) is 0 Å². The molecule has 8 heteroatoms. The minimum absolute atomic E-state index is 0.178. The summed E-state index contributed by atoms with van der Waals surface area (Å²) < 4.78 is 8.00. The number of nitrogens with one attached hydrogen (secondary N) is 1. The number of aromatic nitrogens is 3. The van der Waals surface area contributed by atoms with Crippen LogP contribution in [-0.4, -0.2) is 33.9 Å². The molecule has 0 radical (unpaired) electrons. The highest BCUT2D eigenvalue weighted by Crippen LogP contribution is 2.41. The van der Waals surface area contributed by atoms with E-state index >= 15 is 0 Å². The summed E-state index contributed by atoms with van der Waals surface area (Å²) in [4.78, 5) is 17.2. The van der Waals surface area contributed by atoms with E-state index in [9.17, 15) is 4.79 Å². The standard InChI is InChI=1S/C17H17BrN4O2S/c1-24-13-7-6-9(8-10(13)18)15-14-11(4-3-5-12(14)23)19-16-20-17(25-2)21-22(15)16/h6-8,15H,3-5H2,1-2H3,(H,19,20,21)/t15-/m0/s1. The van der Waals surface area contributed by atoms with Crippen molar-refractivity contribution in [1.29, 1.82) is 0 Å². The summed E-state index contributed by atoms with van der Waals surface area (Å²) in [5.74, 6) is 1.62. The van der Waals surface area contributed by atoms with E-state index in [0.29, 0.717) is 17.5 Å². The average Bonchev–Trinajstić information content (AvgIpc) is 3.03. The molecule has 6 nitrogen and oxygen atoms in total. The fraction of sp³-hybridized carbons (Fsp3) is 0.353. The number of hydrogen-bond donors (Lipinski definition) is 1. The number of Topliss-reactive ketones (excluding diaryl/α,β-unsaturated/α-hetero) is 1. The number of ketones is 1. The van der Waals surface area contributed by atoms with Crippen LogP contribution in [0.25, 0.3) is 0 Å². The summed E-state index contributed by atoms with van der Waals surface area (Å²) in [6.07, 6.45) is 4.25. The number of rotatable bonds is 3. The maximum atomic E-state index is 12.7. The van der Waals surface area contributed by atoms with E-state index in [2.05, 4.69) is 31.3 Å². The number of benzene rings is 1. The van der Waals surface area contributed by atoms with Crippen LogP contribution in [0.5, 0.6) is 5.75 Å². The van der Waals surface area contributed by atoms with Crippen LogP contribution in [0.15, 0.2) is 39.1 Å².